The summed E-state index contributed by atoms with van der Waals surface area (Å²) in [6.45, 7) is 15.1. The van der Waals surface area contributed by atoms with Gasteiger partial charge in [-0.1, -0.05) is 83.9 Å². The van der Waals surface area contributed by atoms with Crippen LogP contribution in [-0.2, 0) is 66.5 Å². The molecule has 0 spiro atoms. The molecule has 548 valence electrons. The number of methoxy groups -OCH3 is 5. The molecule has 2 bridgehead atoms. The number of carbonyl (C=O) groups excluding carboxylic acids is 4. The first kappa shape index (κ1) is 81.4. The number of fused-ring (bicyclic) bond motifs is 2. The van der Waals surface area contributed by atoms with Crippen LogP contribution in [0.25, 0.3) is 0 Å². The van der Waals surface area contributed by atoms with Crippen LogP contribution in [0, 0.1) is 34.2 Å². The number of hydroxylamine groups is 1. The predicted molar refractivity (Wildman–Crippen MR) is 369 cm³/mol. The Balaban J connectivity index is 1.13. The number of hydrogen-bond acceptors (Lipinski definition) is 30. The summed E-state index contributed by atoms with van der Waals surface area (Å²) < 4.78 is 84.4. The Morgan fingerprint density at radius 1 is 0.867 bits per heavy atom. The standard InChI is InChI=1S/C65H94IN5O24S3/c1-13-71(31-44(74)68-22-24-87-26-25-86-23-21-67)39-32-88-45(29-43(39)81-8)93-58-53(76)50(35(5)90-63(58)92-42-18-16-14-15-17-20-65(80)30-41(73)51(69-64(79)85-12)48(42)38(65)19-27-96-98-33(2)3)70-95-46-28-40(72)60(37(7)89-46)97-61(78)47-34(4)49(66)56(59(84-11)55(47)82-9)94-62-54(77)57(83-10)52(75)36(6)91-62/h14-15,19,33,35-37,39-40,42-43,45-46,50,52-54,57-58,60,62-63,70,72,75-77,80H,13,21-32,67H2,1-12H3,(H,68,74)(H,69,79)/b15-14+,38-19+/t35-,36+,37-,39+,40+,42+,43+,45+,46+,50-,52+,53+,54-,57-,58-,60-,62+,63+,65+/m1/s1. The molecule has 29 nitrogen and oxygen atoms in total. The molecule has 0 unspecified atom stereocenters. The van der Waals surface area contributed by atoms with Crippen LogP contribution in [0.2, 0.25) is 0 Å². The number of ketones is 1. The highest BCUT2D eigenvalue weighted by Crippen LogP contribution is 2.49. The van der Waals surface area contributed by atoms with E-state index < -0.39 is 139 Å². The number of benzene rings is 1. The van der Waals surface area contributed by atoms with E-state index >= 15 is 0 Å². The van der Waals surface area contributed by atoms with E-state index in [9.17, 15) is 44.7 Å². The fraction of sp³-hybridized carbons (Fsp3) is 0.692. The zero-order valence-electron chi connectivity index (χ0n) is 57.0. The van der Waals surface area contributed by atoms with E-state index in [1.165, 1.54) is 51.4 Å². The van der Waals surface area contributed by atoms with Gasteiger partial charge in [0.05, 0.1) is 130 Å². The van der Waals surface area contributed by atoms with Crippen LogP contribution >= 0.6 is 55.9 Å². The van der Waals surface area contributed by atoms with Crippen molar-refractivity contribution in [1.82, 2.24) is 21.0 Å². The average Bonchev–Trinajstić information content (AvgIpc) is 0.760. The van der Waals surface area contributed by atoms with Crippen molar-refractivity contribution in [2.75, 3.05) is 101 Å². The van der Waals surface area contributed by atoms with Crippen molar-refractivity contribution < 1.29 is 116 Å². The van der Waals surface area contributed by atoms with Gasteiger partial charge < -0.3 is 103 Å². The number of ether oxygens (including phenoxy) is 14. The van der Waals surface area contributed by atoms with Crippen molar-refractivity contribution in [2.45, 2.75) is 188 Å². The molecule has 6 aliphatic rings. The van der Waals surface area contributed by atoms with E-state index in [2.05, 4.69) is 39.8 Å². The first-order valence-electron chi connectivity index (χ1n) is 32.2. The molecular weight excluding hydrogens is 1460 g/mol. The number of rotatable bonds is 32. The SMILES string of the molecule is CCN(CC(=O)NCCOCCOCCN)[C@H]1CO[C@@H](O[C@H]2[C@H](O[C@H]3C#C/C=C/C#C[C@]4(O)CC(=O)C(NC(=O)OC)=C3/C4=C\CSSC(C)C)O[C@H](C)[C@@H](NO[C@H]3C[C@H](O)[C@H](SC(=O)c4c(C)c(I)c(O[C@@H]5O[C@@H](C)[C@H](O)[C@@H](OC)[C@H]5O)c(OC)c4OC)[C@@H](C)O3)[C@@H]2O)C[C@@H]1OC. The van der Waals surface area contributed by atoms with Gasteiger partial charge in [0.1, 0.15) is 36.6 Å². The van der Waals surface area contributed by atoms with Crippen molar-refractivity contribution >= 4 is 78.8 Å². The van der Waals surface area contributed by atoms with E-state index in [0.717, 1.165) is 18.9 Å². The van der Waals surface area contributed by atoms with Crippen molar-refractivity contribution in [2.24, 2.45) is 5.73 Å². The van der Waals surface area contributed by atoms with E-state index in [4.69, 9.17) is 76.9 Å². The fourth-order valence-corrected chi connectivity index (χ4v) is 15.5. The first-order valence-corrected chi connectivity index (χ1v) is 36.5. The third-order valence-corrected chi connectivity index (χ3v) is 22.3. The average molecular weight is 1550 g/mol. The minimum absolute atomic E-state index is 0.00222. The van der Waals surface area contributed by atoms with Gasteiger partial charge in [-0.15, -0.1) is 0 Å². The number of carbonyl (C=O) groups is 4. The number of nitrogens with one attached hydrogen (secondary N) is 3. The van der Waals surface area contributed by atoms with Gasteiger partial charge >= 0.3 is 6.09 Å². The molecule has 1 aromatic rings. The number of alkyl carbamates (subject to hydrolysis) is 1. The minimum Gasteiger partial charge on any atom is -0.492 e. The normalized spacial score (nSPS) is 32.5. The lowest BCUT2D eigenvalue weighted by atomic mass is 9.75. The van der Waals surface area contributed by atoms with Gasteiger partial charge in [-0.2, -0.15) is 5.48 Å². The number of aliphatic hydroxyl groups excluding tert-OH is 4. The maximum Gasteiger partial charge on any atom is 0.411 e. The summed E-state index contributed by atoms with van der Waals surface area (Å²) >= 11 is 2.80. The second-order valence-electron chi connectivity index (χ2n) is 23.8. The molecule has 10 N–H and O–H groups in total. The molecule has 19 atom stereocenters. The van der Waals surface area contributed by atoms with Crippen molar-refractivity contribution in [3.05, 3.63) is 49.8 Å². The van der Waals surface area contributed by atoms with Crippen LogP contribution in [0.5, 0.6) is 17.2 Å². The molecule has 33 heteroatoms. The van der Waals surface area contributed by atoms with Crippen LogP contribution in [0.3, 0.4) is 0 Å². The highest BCUT2D eigenvalue weighted by Gasteiger charge is 2.52. The summed E-state index contributed by atoms with van der Waals surface area (Å²) in [5, 5.41) is 63.1. The van der Waals surface area contributed by atoms with Crippen LogP contribution < -0.4 is 36.1 Å². The molecule has 1 aromatic carbocycles. The van der Waals surface area contributed by atoms with Gasteiger partial charge in [-0.05, 0) is 74.5 Å². The number of nitrogens with two attached hydrogens (primary N) is 1. The maximum absolute atomic E-state index is 14.6. The molecule has 7 rings (SSSR count). The Hall–Kier alpha value is -3.94. The molecule has 0 radical (unpaired) electrons. The quantitative estimate of drug-likeness (QED) is 0.0164. The molecule has 4 saturated heterocycles. The van der Waals surface area contributed by atoms with Crippen LogP contribution in [-0.4, -0.2) is 274 Å². The van der Waals surface area contributed by atoms with Crippen LogP contribution in [0.15, 0.2) is 35.1 Å². The van der Waals surface area contributed by atoms with E-state index in [0.29, 0.717) is 47.8 Å². The second kappa shape index (κ2) is 39.1. The number of hydrogen-bond donors (Lipinski definition) is 9. The monoisotopic (exact) mass is 1550 g/mol. The summed E-state index contributed by atoms with van der Waals surface area (Å²) in [5.74, 6) is 11.0. The van der Waals surface area contributed by atoms with E-state index in [-0.39, 0.29) is 90.0 Å². The number of thioether (sulfide) groups is 1. The van der Waals surface area contributed by atoms with Crippen molar-refractivity contribution in [1.29, 1.82) is 0 Å². The number of halogens is 1. The predicted octanol–water partition coefficient (Wildman–Crippen LogP) is 2.15. The first-order chi connectivity index (χ1) is 46.9. The molecule has 4 fully saturated rings. The number of aliphatic hydroxyl groups is 5. The largest absolute Gasteiger partial charge is 0.492 e. The zero-order valence-corrected chi connectivity index (χ0v) is 61.6. The van der Waals surface area contributed by atoms with Crippen LogP contribution in [0.1, 0.15) is 76.7 Å². The summed E-state index contributed by atoms with van der Waals surface area (Å²) in [6, 6.07) is -1.61. The molecule has 2 aliphatic carbocycles. The van der Waals surface area contributed by atoms with Crippen LogP contribution in [0.4, 0.5) is 4.79 Å². The summed E-state index contributed by atoms with van der Waals surface area (Å²) in [6.07, 6.45) is -15.0. The summed E-state index contributed by atoms with van der Waals surface area (Å²) in [7, 11) is 9.78. The lowest BCUT2D eigenvalue weighted by Gasteiger charge is -2.47. The van der Waals surface area contributed by atoms with Gasteiger partial charge in [0.15, 0.2) is 41.8 Å². The van der Waals surface area contributed by atoms with Crippen molar-refractivity contribution in [3.63, 3.8) is 0 Å². The van der Waals surface area contributed by atoms with Gasteiger partial charge in [-0.25, -0.2) is 4.79 Å². The van der Waals surface area contributed by atoms with Gasteiger partial charge in [-0.3, -0.25) is 29.4 Å². The molecule has 2 amide bonds. The van der Waals surface area contributed by atoms with Gasteiger partial charge in [0, 0.05) is 62.3 Å². The smallest absolute Gasteiger partial charge is 0.411 e. The highest BCUT2D eigenvalue weighted by molar-refractivity contribution is 14.1. The Labute approximate surface area is 597 Å². The van der Waals surface area contributed by atoms with Gasteiger partial charge in [0.2, 0.25) is 23.1 Å². The highest BCUT2D eigenvalue weighted by atomic mass is 127. The minimum atomic E-state index is -2.10. The molecule has 0 saturated carbocycles. The molecular formula is C65H94IN5O24S3. The Bertz CT molecular complexity index is 3080. The topological polar surface area (TPSA) is 373 Å². The number of likely N-dealkylation sites (N-methyl/N-ethyl adjacent to an activating group) is 1. The fourth-order valence-electron chi connectivity index (χ4n) is 11.8. The lowest BCUT2D eigenvalue weighted by Crippen LogP contribution is -2.65. The van der Waals surface area contributed by atoms with Gasteiger partial charge in [0.25, 0.3) is 0 Å². The Morgan fingerprint density at radius 2 is 1.58 bits per heavy atom. The lowest BCUT2D eigenvalue weighted by molar-refractivity contribution is -0.337. The number of allylic oxidation sites excluding steroid dienone is 3. The van der Waals surface area contributed by atoms with Crippen molar-refractivity contribution in [3.8, 4) is 40.9 Å². The number of Topliss-reactive ketones (excluding diaryl/α,β-unsaturated/α-hetero) is 1. The number of nitrogens with zero attached hydrogens (tertiary/aromatic N) is 1. The molecule has 98 heavy (non-hydrogen) atoms. The summed E-state index contributed by atoms with van der Waals surface area (Å²) in [5.41, 5.74) is 6.60. The Morgan fingerprint density at radius 3 is 2.24 bits per heavy atom. The zero-order chi connectivity index (χ0) is 71.5. The maximum atomic E-state index is 14.6. The second-order valence-corrected chi connectivity index (χ2v) is 29.0. The molecule has 4 heterocycles. The molecule has 0 aromatic heterocycles. The Kier molecular flexibility index (Phi) is 32.4. The third-order valence-electron chi connectivity index (χ3n) is 16.8. The third kappa shape index (κ3) is 20.7. The van der Waals surface area contributed by atoms with E-state index in [1.807, 2.05) is 48.3 Å². The summed E-state index contributed by atoms with van der Waals surface area (Å²) in [4.78, 5) is 63.3. The number of amides is 2. The molecule has 4 aliphatic heterocycles. The van der Waals surface area contributed by atoms with E-state index in [1.54, 1.807) is 44.6 Å².